The zero-order chi connectivity index (χ0) is 14.6. The Morgan fingerprint density at radius 1 is 1.21 bits per heavy atom. The van der Waals surface area contributed by atoms with Crippen LogP contribution in [0.2, 0.25) is 0 Å². The SMILES string of the molecule is CCC(=O)CC(=O)N(C)c1ccccc1C(F)(F)F. The van der Waals surface area contributed by atoms with Crippen molar-refractivity contribution >= 4 is 17.4 Å². The van der Waals surface area contributed by atoms with Gasteiger partial charge in [0.05, 0.1) is 17.7 Å². The fourth-order valence-electron chi connectivity index (χ4n) is 1.55. The highest BCUT2D eigenvalue weighted by Crippen LogP contribution is 2.36. The van der Waals surface area contributed by atoms with E-state index in [4.69, 9.17) is 0 Å². The number of anilines is 1. The van der Waals surface area contributed by atoms with Gasteiger partial charge in [-0.3, -0.25) is 9.59 Å². The standard InChI is InChI=1S/C13H14F3NO2/c1-3-9(18)8-12(19)17(2)11-7-5-4-6-10(11)13(14,15)16/h4-7H,3,8H2,1-2H3. The summed E-state index contributed by atoms with van der Waals surface area (Å²) >= 11 is 0. The molecule has 0 unspecified atom stereocenters. The molecule has 0 aliphatic carbocycles. The molecule has 19 heavy (non-hydrogen) atoms. The monoisotopic (exact) mass is 273 g/mol. The number of hydrogen-bond donors (Lipinski definition) is 0. The Balaban J connectivity index is 3.03. The Kier molecular flexibility index (Phi) is 4.69. The second-order valence-electron chi connectivity index (χ2n) is 4.04. The first-order chi connectivity index (χ1) is 8.77. The molecule has 0 saturated carbocycles. The minimum atomic E-state index is -4.54. The van der Waals surface area contributed by atoms with Crippen molar-refractivity contribution in [2.24, 2.45) is 0 Å². The zero-order valence-corrected chi connectivity index (χ0v) is 10.6. The number of alkyl halides is 3. The fourth-order valence-corrected chi connectivity index (χ4v) is 1.55. The number of hydrogen-bond acceptors (Lipinski definition) is 2. The van der Waals surface area contributed by atoms with Crippen LogP contribution in [0.25, 0.3) is 0 Å². The van der Waals surface area contributed by atoms with Crippen LogP contribution in [-0.2, 0) is 15.8 Å². The molecular formula is C13H14F3NO2. The van der Waals surface area contributed by atoms with Gasteiger partial charge in [0.15, 0.2) is 0 Å². The van der Waals surface area contributed by atoms with Gasteiger partial charge in [0.1, 0.15) is 5.78 Å². The molecule has 0 aliphatic rings. The summed E-state index contributed by atoms with van der Waals surface area (Å²) < 4.78 is 38.4. The van der Waals surface area contributed by atoms with Gasteiger partial charge in [-0.05, 0) is 12.1 Å². The van der Waals surface area contributed by atoms with Crippen LogP contribution in [0.1, 0.15) is 25.3 Å². The van der Waals surface area contributed by atoms with Gasteiger partial charge >= 0.3 is 6.18 Å². The number of ketones is 1. The lowest BCUT2D eigenvalue weighted by Gasteiger charge is -2.21. The van der Waals surface area contributed by atoms with E-state index >= 15 is 0 Å². The fraction of sp³-hybridized carbons (Fsp3) is 0.385. The highest BCUT2D eigenvalue weighted by Gasteiger charge is 2.35. The van der Waals surface area contributed by atoms with Crippen LogP contribution in [0.4, 0.5) is 18.9 Å². The van der Waals surface area contributed by atoms with Gasteiger partial charge in [-0.1, -0.05) is 19.1 Å². The molecule has 0 N–H and O–H groups in total. The van der Waals surface area contributed by atoms with Crippen LogP contribution in [-0.4, -0.2) is 18.7 Å². The van der Waals surface area contributed by atoms with Gasteiger partial charge in [-0.15, -0.1) is 0 Å². The third-order valence-corrected chi connectivity index (χ3v) is 2.69. The van der Waals surface area contributed by atoms with Crippen molar-refractivity contribution in [3.8, 4) is 0 Å². The molecule has 1 aromatic rings. The van der Waals surface area contributed by atoms with Crippen molar-refractivity contribution in [2.75, 3.05) is 11.9 Å². The highest BCUT2D eigenvalue weighted by atomic mass is 19.4. The molecule has 1 aromatic carbocycles. The molecule has 0 fully saturated rings. The molecule has 104 valence electrons. The predicted molar refractivity (Wildman–Crippen MR) is 64.8 cm³/mol. The summed E-state index contributed by atoms with van der Waals surface area (Å²) in [7, 11) is 1.23. The average Bonchev–Trinajstić information content (AvgIpc) is 2.36. The molecule has 1 amide bonds. The van der Waals surface area contributed by atoms with Crippen molar-refractivity contribution < 1.29 is 22.8 Å². The normalized spacial score (nSPS) is 11.2. The molecule has 0 radical (unpaired) electrons. The Morgan fingerprint density at radius 2 is 1.79 bits per heavy atom. The summed E-state index contributed by atoms with van der Waals surface area (Å²) in [5.41, 5.74) is -1.14. The topological polar surface area (TPSA) is 37.4 Å². The third-order valence-electron chi connectivity index (χ3n) is 2.69. The first-order valence-corrected chi connectivity index (χ1v) is 5.71. The second-order valence-corrected chi connectivity index (χ2v) is 4.04. The molecule has 1 rings (SSSR count). The van der Waals surface area contributed by atoms with Gasteiger partial charge in [-0.25, -0.2) is 0 Å². The summed E-state index contributed by atoms with van der Waals surface area (Å²) in [5, 5.41) is 0. The molecule has 3 nitrogen and oxygen atoms in total. The minimum absolute atomic E-state index is 0.181. The Bertz CT molecular complexity index is 483. The van der Waals surface area contributed by atoms with Crippen LogP contribution < -0.4 is 4.90 Å². The van der Waals surface area contributed by atoms with Crippen LogP contribution in [0.5, 0.6) is 0 Å². The van der Waals surface area contributed by atoms with Gasteiger partial charge in [0.2, 0.25) is 5.91 Å². The van der Waals surface area contributed by atoms with Crippen molar-refractivity contribution in [2.45, 2.75) is 25.9 Å². The smallest absolute Gasteiger partial charge is 0.315 e. The minimum Gasteiger partial charge on any atom is -0.315 e. The van der Waals surface area contributed by atoms with Gasteiger partial charge in [0, 0.05) is 13.5 Å². The van der Waals surface area contributed by atoms with Crippen LogP contribution in [0.3, 0.4) is 0 Å². The Labute approximate surface area is 109 Å². The lowest BCUT2D eigenvalue weighted by molar-refractivity contribution is -0.137. The van der Waals surface area contributed by atoms with Crippen LogP contribution >= 0.6 is 0 Å². The maximum atomic E-state index is 12.8. The highest BCUT2D eigenvalue weighted by molar-refractivity contribution is 6.05. The van der Waals surface area contributed by atoms with Crippen LogP contribution in [0, 0.1) is 0 Å². The number of carbonyl (C=O) groups excluding carboxylic acids is 2. The van der Waals surface area contributed by atoms with Crippen molar-refractivity contribution in [3.05, 3.63) is 29.8 Å². The zero-order valence-electron chi connectivity index (χ0n) is 10.6. The number of Topliss-reactive ketones (excluding diaryl/α,β-unsaturated/α-hetero) is 1. The number of para-hydroxylation sites is 1. The predicted octanol–water partition coefficient (Wildman–Crippen LogP) is 3.04. The van der Waals surface area contributed by atoms with E-state index in [-0.39, 0.29) is 24.3 Å². The Hall–Kier alpha value is -1.85. The van der Waals surface area contributed by atoms with Gasteiger partial charge < -0.3 is 4.90 Å². The molecule has 0 aromatic heterocycles. The lowest BCUT2D eigenvalue weighted by atomic mass is 10.1. The average molecular weight is 273 g/mol. The third kappa shape index (κ3) is 3.81. The molecule has 0 aliphatic heterocycles. The van der Waals surface area contributed by atoms with E-state index in [0.717, 1.165) is 11.0 Å². The molecule has 0 spiro atoms. The first kappa shape index (κ1) is 15.2. The van der Waals surface area contributed by atoms with Crippen molar-refractivity contribution in [3.63, 3.8) is 0 Å². The number of amides is 1. The number of halogens is 3. The van der Waals surface area contributed by atoms with E-state index in [9.17, 15) is 22.8 Å². The number of benzene rings is 1. The van der Waals surface area contributed by atoms with E-state index in [1.807, 2.05) is 0 Å². The molecule has 0 heterocycles. The lowest BCUT2D eigenvalue weighted by Crippen LogP contribution is -2.30. The maximum absolute atomic E-state index is 12.8. The molecule has 0 atom stereocenters. The number of carbonyl (C=O) groups is 2. The van der Waals surface area contributed by atoms with E-state index in [1.54, 1.807) is 6.92 Å². The van der Waals surface area contributed by atoms with E-state index < -0.39 is 17.6 Å². The number of nitrogens with zero attached hydrogens (tertiary/aromatic N) is 1. The molecular weight excluding hydrogens is 259 g/mol. The molecule has 0 saturated heterocycles. The first-order valence-electron chi connectivity index (χ1n) is 5.71. The van der Waals surface area contributed by atoms with Gasteiger partial charge in [0.25, 0.3) is 0 Å². The maximum Gasteiger partial charge on any atom is 0.418 e. The van der Waals surface area contributed by atoms with Crippen molar-refractivity contribution in [1.29, 1.82) is 0 Å². The molecule has 0 bridgehead atoms. The van der Waals surface area contributed by atoms with E-state index in [0.29, 0.717) is 0 Å². The Morgan fingerprint density at radius 3 is 2.32 bits per heavy atom. The molecule has 6 heteroatoms. The summed E-state index contributed by atoms with van der Waals surface area (Å²) in [6, 6.07) is 4.77. The second kappa shape index (κ2) is 5.86. The summed E-state index contributed by atoms with van der Waals surface area (Å²) in [6.45, 7) is 1.60. The van der Waals surface area contributed by atoms with Crippen molar-refractivity contribution in [1.82, 2.24) is 0 Å². The quantitative estimate of drug-likeness (QED) is 0.791. The van der Waals surface area contributed by atoms with E-state index in [2.05, 4.69) is 0 Å². The summed E-state index contributed by atoms with van der Waals surface area (Å²) in [6.07, 6.45) is -4.75. The van der Waals surface area contributed by atoms with E-state index in [1.165, 1.54) is 25.2 Å². The number of rotatable bonds is 4. The summed E-state index contributed by atoms with van der Waals surface area (Å²) in [5.74, 6) is -0.954. The summed E-state index contributed by atoms with van der Waals surface area (Å²) in [4.78, 5) is 23.8. The van der Waals surface area contributed by atoms with Crippen LogP contribution in [0.15, 0.2) is 24.3 Å². The largest absolute Gasteiger partial charge is 0.418 e. The van der Waals surface area contributed by atoms with Gasteiger partial charge in [-0.2, -0.15) is 13.2 Å².